The molecule has 0 nitrogen and oxygen atoms in total. The van der Waals surface area contributed by atoms with Crippen molar-refractivity contribution in [2.24, 2.45) is 5.92 Å². The molecule has 0 aromatic heterocycles. The second-order valence-electron chi connectivity index (χ2n) is 4.45. The molecule has 0 radical (unpaired) electrons. The first kappa shape index (κ1) is 12.5. The van der Waals surface area contributed by atoms with Crippen molar-refractivity contribution in [1.29, 1.82) is 0 Å². The van der Waals surface area contributed by atoms with E-state index in [1.165, 1.54) is 51.4 Å². The quantitative estimate of drug-likeness (QED) is 0.591. The molecule has 0 N–H and O–H groups in total. The second kappa shape index (κ2) is 7.73. The van der Waals surface area contributed by atoms with Gasteiger partial charge in [0.2, 0.25) is 0 Å². The van der Waals surface area contributed by atoms with Gasteiger partial charge in [-0.2, -0.15) is 0 Å². The summed E-state index contributed by atoms with van der Waals surface area (Å²) < 4.78 is 0. The van der Waals surface area contributed by atoms with Crippen molar-refractivity contribution in [3.63, 3.8) is 0 Å². The minimum atomic E-state index is 1.05. The molecule has 0 aromatic rings. The molecule has 0 atom stereocenters. The highest BCUT2D eigenvalue weighted by atomic mass is 14.2. The molecule has 0 heterocycles. The van der Waals surface area contributed by atoms with Crippen molar-refractivity contribution in [3.05, 3.63) is 23.8 Å². The first-order chi connectivity index (χ1) is 7.45. The van der Waals surface area contributed by atoms with Gasteiger partial charge >= 0.3 is 0 Å². The third kappa shape index (κ3) is 4.68. The highest BCUT2D eigenvalue weighted by Gasteiger charge is 2.14. The number of hydrogen-bond acceptors (Lipinski definition) is 0. The Bertz CT molecular complexity index is 204. The van der Waals surface area contributed by atoms with Crippen LogP contribution in [0.25, 0.3) is 0 Å². The van der Waals surface area contributed by atoms with Crippen LogP contribution in [-0.4, -0.2) is 0 Å². The van der Waals surface area contributed by atoms with E-state index in [0.29, 0.717) is 0 Å². The van der Waals surface area contributed by atoms with Crippen molar-refractivity contribution in [1.82, 2.24) is 0 Å². The summed E-state index contributed by atoms with van der Waals surface area (Å²) in [5.74, 6) is 1.05. The fourth-order valence-electron chi connectivity index (χ4n) is 2.52. The van der Waals surface area contributed by atoms with Crippen molar-refractivity contribution in [2.75, 3.05) is 0 Å². The van der Waals surface area contributed by atoms with Crippen LogP contribution in [0.2, 0.25) is 0 Å². The highest BCUT2D eigenvalue weighted by molar-refractivity contribution is 5.21. The average molecular weight is 206 g/mol. The molecular formula is C15H26. The van der Waals surface area contributed by atoms with Crippen LogP contribution in [0.15, 0.2) is 23.8 Å². The molecule has 0 unspecified atom stereocenters. The van der Waals surface area contributed by atoms with Crippen molar-refractivity contribution in [2.45, 2.75) is 65.2 Å². The Hall–Kier alpha value is -0.520. The van der Waals surface area contributed by atoms with E-state index in [9.17, 15) is 0 Å². The molecule has 0 amide bonds. The molecular weight excluding hydrogens is 180 g/mol. The predicted molar refractivity (Wildman–Crippen MR) is 69.0 cm³/mol. The van der Waals surface area contributed by atoms with Gasteiger partial charge in [-0.1, -0.05) is 63.3 Å². The lowest BCUT2D eigenvalue weighted by Gasteiger charge is -2.10. The van der Waals surface area contributed by atoms with E-state index >= 15 is 0 Å². The molecule has 0 heteroatoms. The molecule has 86 valence electrons. The topological polar surface area (TPSA) is 0 Å². The molecule has 1 fully saturated rings. The third-order valence-corrected chi connectivity index (χ3v) is 3.39. The number of rotatable bonds is 3. The molecule has 1 saturated carbocycles. The summed E-state index contributed by atoms with van der Waals surface area (Å²) in [7, 11) is 0. The Labute approximate surface area is 95.5 Å². The molecule has 0 saturated heterocycles. The fraction of sp³-hybridized carbons (Fsp3) is 0.733. The van der Waals surface area contributed by atoms with Gasteiger partial charge in [0.25, 0.3) is 0 Å². The monoisotopic (exact) mass is 206 g/mol. The summed E-state index contributed by atoms with van der Waals surface area (Å²) in [5.41, 5.74) is 1.60. The zero-order valence-corrected chi connectivity index (χ0v) is 10.5. The standard InChI is InChI=1S/C13H20.C2H6/c1-2-6-12(7-3-1)10-11-13-8-4-5-9-13;1-2/h2,6-7,13H,1,3-5,8-11H2;1-2H3. The van der Waals surface area contributed by atoms with Crippen LogP contribution in [0, 0.1) is 5.92 Å². The lowest BCUT2D eigenvalue weighted by Crippen LogP contribution is -1.94. The molecule has 2 aliphatic carbocycles. The van der Waals surface area contributed by atoms with Crippen LogP contribution in [0.5, 0.6) is 0 Å². The van der Waals surface area contributed by atoms with Gasteiger partial charge in [-0.25, -0.2) is 0 Å². The summed E-state index contributed by atoms with van der Waals surface area (Å²) in [6, 6.07) is 0. The zero-order valence-electron chi connectivity index (χ0n) is 10.5. The maximum Gasteiger partial charge on any atom is -0.0280 e. The Morgan fingerprint density at radius 3 is 2.47 bits per heavy atom. The molecule has 2 aliphatic rings. The van der Waals surface area contributed by atoms with Crippen LogP contribution in [0.1, 0.15) is 65.2 Å². The number of allylic oxidation sites excluding steroid dienone is 4. The first-order valence-corrected chi connectivity index (χ1v) is 6.81. The Morgan fingerprint density at radius 2 is 1.87 bits per heavy atom. The lowest BCUT2D eigenvalue weighted by atomic mass is 9.95. The van der Waals surface area contributed by atoms with Gasteiger partial charge in [0, 0.05) is 0 Å². The van der Waals surface area contributed by atoms with E-state index in [1.807, 2.05) is 13.8 Å². The first-order valence-electron chi connectivity index (χ1n) is 6.81. The number of hydrogen-bond donors (Lipinski definition) is 0. The van der Waals surface area contributed by atoms with Crippen LogP contribution < -0.4 is 0 Å². The maximum atomic E-state index is 2.43. The smallest absolute Gasteiger partial charge is 0.0280 e. The Morgan fingerprint density at radius 1 is 1.13 bits per heavy atom. The minimum absolute atomic E-state index is 1.05. The highest BCUT2D eigenvalue weighted by Crippen LogP contribution is 2.30. The lowest BCUT2D eigenvalue weighted by molar-refractivity contribution is 0.504. The second-order valence-corrected chi connectivity index (χ2v) is 4.45. The van der Waals surface area contributed by atoms with Gasteiger partial charge in [0.1, 0.15) is 0 Å². The normalized spacial score (nSPS) is 20.8. The Kier molecular flexibility index (Phi) is 6.47. The predicted octanol–water partition coefficient (Wildman–Crippen LogP) is 5.26. The van der Waals surface area contributed by atoms with Crippen LogP contribution in [0.4, 0.5) is 0 Å². The summed E-state index contributed by atoms with van der Waals surface area (Å²) in [4.78, 5) is 0. The summed E-state index contributed by atoms with van der Waals surface area (Å²) in [6.45, 7) is 4.00. The van der Waals surface area contributed by atoms with E-state index < -0.39 is 0 Å². The van der Waals surface area contributed by atoms with Crippen molar-refractivity contribution in [3.8, 4) is 0 Å². The summed E-state index contributed by atoms with van der Waals surface area (Å²) >= 11 is 0. The molecule has 15 heavy (non-hydrogen) atoms. The SMILES string of the molecule is C1=CC(CCC2CCCC2)=CCC1.CC. The van der Waals surface area contributed by atoms with Crippen LogP contribution >= 0.6 is 0 Å². The summed E-state index contributed by atoms with van der Waals surface area (Å²) in [6.07, 6.45) is 18.4. The molecule has 0 aromatic carbocycles. The van der Waals surface area contributed by atoms with Gasteiger partial charge in [-0.3, -0.25) is 0 Å². The van der Waals surface area contributed by atoms with E-state index in [2.05, 4.69) is 18.2 Å². The van der Waals surface area contributed by atoms with Gasteiger partial charge in [-0.15, -0.1) is 0 Å². The fourth-order valence-corrected chi connectivity index (χ4v) is 2.52. The maximum absolute atomic E-state index is 2.43. The third-order valence-electron chi connectivity index (χ3n) is 3.39. The average Bonchev–Trinajstić information content (AvgIpc) is 2.83. The van der Waals surface area contributed by atoms with Gasteiger partial charge < -0.3 is 0 Å². The van der Waals surface area contributed by atoms with E-state index in [-0.39, 0.29) is 0 Å². The molecule has 0 spiro atoms. The largest absolute Gasteiger partial charge is 0.0840 e. The molecule has 0 aliphatic heterocycles. The van der Waals surface area contributed by atoms with E-state index in [0.717, 1.165) is 5.92 Å². The summed E-state index contributed by atoms with van der Waals surface area (Å²) in [5, 5.41) is 0. The van der Waals surface area contributed by atoms with E-state index in [4.69, 9.17) is 0 Å². The van der Waals surface area contributed by atoms with E-state index in [1.54, 1.807) is 5.57 Å². The van der Waals surface area contributed by atoms with Gasteiger partial charge in [0.15, 0.2) is 0 Å². The minimum Gasteiger partial charge on any atom is -0.0840 e. The Balaban J connectivity index is 0.000000531. The van der Waals surface area contributed by atoms with Crippen LogP contribution in [0.3, 0.4) is 0 Å². The van der Waals surface area contributed by atoms with Crippen molar-refractivity contribution >= 4 is 0 Å². The zero-order chi connectivity index (χ0) is 10.9. The van der Waals surface area contributed by atoms with Gasteiger partial charge in [-0.05, 0) is 31.6 Å². The molecule has 2 rings (SSSR count). The van der Waals surface area contributed by atoms with Crippen LogP contribution in [-0.2, 0) is 0 Å². The van der Waals surface area contributed by atoms with Crippen molar-refractivity contribution < 1.29 is 0 Å². The van der Waals surface area contributed by atoms with Gasteiger partial charge in [0.05, 0.1) is 0 Å². The molecule has 0 bridgehead atoms.